The van der Waals surface area contributed by atoms with Crippen LogP contribution in [-0.4, -0.2) is 20.2 Å². The molecule has 0 bridgehead atoms. The Labute approximate surface area is 139 Å². The Morgan fingerprint density at radius 2 is 1.86 bits per heavy atom. The maximum atomic E-state index is 5.90. The van der Waals surface area contributed by atoms with E-state index in [4.69, 9.17) is 11.6 Å². The largest absolute Gasteiger partial charge is 0.214 e. The molecule has 3 rings (SSSR count). The van der Waals surface area contributed by atoms with Gasteiger partial charge < -0.3 is 0 Å². The van der Waals surface area contributed by atoms with E-state index in [1.54, 1.807) is 16.4 Å². The second-order valence-corrected chi connectivity index (χ2v) is 6.46. The van der Waals surface area contributed by atoms with Crippen molar-refractivity contribution in [2.24, 2.45) is 0 Å². The van der Waals surface area contributed by atoms with Gasteiger partial charge in [0.05, 0.1) is 5.69 Å². The molecule has 2 aromatic carbocycles. The van der Waals surface area contributed by atoms with Crippen molar-refractivity contribution in [1.29, 1.82) is 0 Å². The first-order valence-electron chi connectivity index (χ1n) is 6.14. The minimum absolute atomic E-state index is 0.689. The molecule has 106 valence electrons. The summed E-state index contributed by atoms with van der Waals surface area (Å²) < 4.78 is 2.79. The average Bonchev–Trinajstić information content (AvgIpc) is 2.96. The Kier molecular flexibility index (Phi) is 4.57. The molecular weight excluding hydrogens is 372 g/mol. The number of halogens is 2. The first kappa shape index (κ1) is 14.6. The van der Waals surface area contributed by atoms with E-state index in [1.165, 1.54) is 5.56 Å². The molecule has 1 heterocycles. The van der Waals surface area contributed by atoms with Gasteiger partial charge in [0, 0.05) is 15.2 Å². The van der Waals surface area contributed by atoms with Crippen LogP contribution in [0.15, 0.2) is 58.2 Å². The van der Waals surface area contributed by atoms with E-state index in [1.807, 2.05) is 42.5 Å². The van der Waals surface area contributed by atoms with Gasteiger partial charge in [-0.15, -0.1) is 5.10 Å². The Hall–Kier alpha value is -1.37. The zero-order valence-corrected chi connectivity index (χ0v) is 13.9. The monoisotopic (exact) mass is 380 g/mol. The lowest BCUT2D eigenvalue weighted by atomic mass is 10.2. The van der Waals surface area contributed by atoms with E-state index in [0.29, 0.717) is 5.02 Å². The van der Waals surface area contributed by atoms with Crippen LogP contribution in [0.3, 0.4) is 0 Å². The van der Waals surface area contributed by atoms with Gasteiger partial charge in [0.2, 0.25) is 5.16 Å². The highest BCUT2D eigenvalue weighted by molar-refractivity contribution is 9.10. The minimum Gasteiger partial charge on any atom is -0.187 e. The van der Waals surface area contributed by atoms with Crippen molar-refractivity contribution in [2.45, 2.75) is 10.9 Å². The number of rotatable bonds is 4. The van der Waals surface area contributed by atoms with Crippen LogP contribution in [0.1, 0.15) is 5.56 Å². The number of benzene rings is 2. The maximum Gasteiger partial charge on any atom is 0.214 e. The zero-order chi connectivity index (χ0) is 14.7. The molecule has 0 amide bonds. The molecule has 0 atom stereocenters. The smallest absolute Gasteiger partial charge is 0.187 e. The lowest BCUT2D eigenvalue weighted by Crippen LogP contribution is -1.98. The van der Waals surface area contributed by atoms with Crippen molar-refractivity contribution in [2.75, 3.05) is 0 Å². The summed E-state index contributed by atoms with van der Waals surface area (Å²) in [5, 5.41) is 13.3. The average molecular weight is 382 g/mol. The van der Waals surface area contributed by atoms with Gasteiger partial charge in [-0.1, -0.05) is 57.5 Å². The Morgan fingerprint density at radius 3 is 2.62 bits per heavy atom. The van der Waals surface area contributed by atoms with Gasteiger partial charge in [-0.05, 0) is 46.3 Å². The number of aromatic nitrogens is 4. The second kappa shape index (κ2) is 6.60. The molecule has 0 radical (unpaired) electrons. The van der Waals surface area contributed by atoms with Crippen LogP contribution in [0.4, 0.5) is 0 Å². The molecule has 0 aliphatic carbocycles. The summed E-state index contributed by atoms with van der Waals surface area (Å²) in [6.45, 7) is 0. The molecular formula is C14H10BrClN4S. The van der Waals surface area contributed by atoms with Crippen molar-refractivity contribution >= 4 is 39.3 Å². The standard InChI is InChI=1S/C14H10BrClN4S/c15-13-4-2-1-3-10(13)9-21-14-17-18-19-20(14)12-7-5-11(16)6-8-12/h1-8H,9H2. The molecule has 0 unspecified atom stereocenters. The van der Waals surface area contributed by atoms with Crippen LogP contribution in [0.5, 0.6) is 0 Å². The van der Waals surface area contributed by atoms with E-state index in [-0.39, 0.29) is 0 Å². The summed E-state index contributed by atoms with van der Waals surface area (Å²) in [6.07, 6.45) is 0. The highest BCUT2D eigenvalue weighted by Crippen LogP contribution is 2.26. The van der Waals surface area contributed by atoms with Gasteiger partial charge in [-0.3, -0.25) is 0 Å². The number of tetrazole rings is 1. The third-order valence-corrected chi connectivity index (χ3v) is 4.82. The normalized spacial score (nSPS) is 10.8. The molecule has 0 saturated heterocycles. The fraction of sp³-hybridized carbons (Fsp3) is 0.0714. The zero-order valence-electron chi connectivity index (χ0n) is 10.8. The molecule has 0 N–H and O–H groups in total. The lowest BCUT2D eigenvalue weighted by molar-refractivity contribution is 0.756. The molecule has 4 nitrogen and oxygen atoms in total. The molecule has 21 heavy (non-hydrogen) atoms. The topological polar surface area (TPSA) is 43.6 Å². The molecule has 0 aliphatic rings. The fourth-order valence-corrected chi connectivity index (χ4v) is 3.40. The molecule has 1 aromatic heterocycles. The summed E-state index contributed by atoms with van der Waals surface area (Å²) in [4.78, 5) is 0. The van der Waals surface area contributed by atoms with Crippen LogP contribution >= 0.6 is 39.3 Å². The third-order valence-electron chi connectivity index (χ3n) is 2.83. The quantitative estimate of drug-likeness (QED) is 0.629. The lowest BCUT2D eigenvalue weighted by Gasteiger charge is -2.05. The van der Waals surface area contributed by atoms with Crippen LogP contribution in [-0.2, 0) is 5.75 Å². The predicted octanol–water partition coefficient (Wildman–Crippen LogP) is 4.37. The summed E-state index contributed by atoms with van der Waals surface area (Å²) in [5.74, 6) is 0.787. The van der Waals surface area contributed by atoms with Gasteiger partial charge in [0.25, 0.3) is 0 Å². The molecule has 0 aliphatic heterocycles. The summed E-state index contributed by atoms with van der Waals surface area (Å²) >= 11 is 11.0. The summed E-state index contributed by atoms with van der Waals surface area (Å²) in [5.41, 5.74) is 2.09. The predicted molar refractivity (Wildman–Crippen MR) is 87.9 cm³/mol. The van der Waals surface area contributed by atoms with Gasteiger partial charge in [0.15, 0.2) is 0 Å². The molecule has 0 fully saturated rings. The number of hydrogen-bond donors (Lipinski definition) is 0. The highest BCUT2D eigenvalue weighted by Gasteiger charge is 2.10. The van der Waals surface area contributed by atoms with Crippen molar-refractivity contribution in [3.05, 3.63) is 63.6 Å². The Balaban J connectivity index is 1.80. The SMILES string of the molecule is Clc1ccc(-n2nnnc2SCc2ccccc2Br)cc1. The minimum atomic E-state index is 0.689. The maximum absolute atomic E-state index is 5.90. The number of nitrogens with zero attached hydrogens (tertiary/aromatic N) is 4. The summed E-state index contributed by atoms with van der Waals surface area (Å²) in [7, 11) is 0. The summed E-state index contributed by atoms with van der Waals surface area (Å²) in [6, 6.07) is 15.5. The first-order chi connectivity index (χ1) is 10.2. The molecule has 7 heteroatoms. The fourth-order valence-electron chi connectivity index (χ4n) is 1.77. The highest BCUT2D eigenvalue weighted by atomic mass is 79.9. The Morgan fingerprint density at radius 1 is 1.10 bits per heavy atom. The van der Waals surface area contributed by atoms with Crippen LogP contribution in [0, 0.1) is 0 Å². The van der Waals surface area contributed by atoms with Gasteiger partial charge in [-0.25, -0.2) is 0 Å². The van der Waals surface area contributed by atoms with E-state index < -0.39 is 0 Å². The van der Waals surface area contributed by atoms with E-state index in [2.05, 4.69) is 37.5 Å². The van der Waals surface area contributed by atoms with E-state index in [0.717, 1.165) is 21.1 Å². The van der Waals surface area contributed by atoms with E-state index in [9.17, 15) is 0 Å². The second-order valence-electron chi connectivity index (χ2n) is 4.23. The van der Waals surface area contributed by atoms with Crippen molar-refractivity contribution in [1.82, 2.24) is 20.2 Å². The van der Waals surface area contributed by atoms with Crippen LogP contribution in [0.2, 0.25) is 5.02 Å². The molecule has 0 saturated carbocycles. The van der Waals surface area contributed by atoms with Crippen molar-refractivity contribution in [3.63, 3.8) is 0 Å². The van der Waals surface area contributed by atoms with Gasteiger partial charge >= 0.3 is 0 Å². The van der Waals surface area contributed by atoms with Gasteiger partial charge in [0.1, 0.15) is 0 Å². The van der Waals surface area contributed by atoms with Crippen LogP contribution in [0.25, 0.3) is 5.69 Å². The van der Waals surface area contributed by atoms with E-state index >= 15 is 0 Å². The first-order valence-corrected chi connectivity index (χ1v) is 8.30. The van der Waals surface area contributed by atoms with Crippen LogP contribution < -0.4 is 0 Å². The third kappa shape index (κ3) is 3.45. The van der Waals surface area contributed by atoms with Crippen molar-refractivity contribution < 1.29 is 0 Å². The number of hydrogen-bond acceptors (Lipinski definition) is 4. The van der Waals surface area contributed by atoms with Gasteiger partial charge in [-0.2, -0.15) is 4.68 Å². The molecule has 0 spiro atoms. The van der Waals surface area contributed by atoms with Crippen molar-refractivity contribution in [3.8, 4) is 5.69 Å². The Bertz CT molecular complexity index is 745. The number of thioether (sulfide) groups is 1. The molecule has 3 aromatic rings.